The lowest BCUT2D eigenvalue weighted by Crippen LogP contribution is -2.29. The fourth-order valence-electron chi connectivity index (χ4n) is 4.47. The first-order valence-corrected chi connectivity index (χ1v) is 13.4. The minimum atomic E-state index is -0.349. The first-order valence-electron chi connectivity index (χ1n) is 12.2. The monoisotopic (exact) mass is 564 g/mol. The lowest BCUT2D eigenvalue weighted by molar-refractivity contribution is -0.118. The van der Waals surface area contributed by atoms with Gasteiger partial charge in [0.25, 0.3) is 0 Å². The smallest absolute Gasteiger partial charge is 0.226 e. The average Bonchev–Trinajstić information content (AvgIpc) is 3.51. The summed E-state index contributed by atoms with van der Waals surface area (Å²) in [5.74, 6) is 1.14. The van der Waals surface area contributed by atoms with Crippen LogP contribution in [0.1, 0.15) is 42.9 Å². The summed E-state index contributed by atoms with van der Waals surface area (Å²) in [7, 11) is 0. The standard InChI is InChI=1S/C29H26Cl2N4O2S/c1-16(2)28(36)33-22-10-9-19(15-21(22)31)35-27(26(34-29(35)38)23-6-4-5-13-32-23)25-12-11-24(37-25)20-14-18(30)8-7-17(20)3/h4-16,26-27H,1-3H3,(H,33,36)(H,34,38)/t26-,27-/m0/s1. The summed E-state index contributed by atoms with van der Waals surface area (Å²) in [4.78, 5) is 18.8. The average molecular weight is 566 g/mol. The molecule has 0 saturated carbocycles. The molecule has 1 fully saturated rings. The SMILES string of the molecule is Cc1ccc(Cl)cc1-c1ccc([C@H]2[C@H](c3ccccn3)NC(=S)N2c2ccc(NC(=O)C(C)C)c(Cl)c2)o1. The zero-order chi connectivity index (χ0) is 27.0. The van der Waals surface area contributed by atoms with E-state index in [0.29, 0.717) is 32.4 Å². The van der Waals surface area contributed by atoms with E-state index in [2.05, 4.69) is 15.6 Å². The molecule has 0 spiro atoms. The van der Waals surface area contributed by atoms with E-state index in [0.717, 1.165) is 22.5 Å². The number of anilines is 2. The van der Waals surface area contributed by atoms with Crippen molar-refractivity contribution in [2.24, 2.45) is 5.92 Å². The Morgan fingerprint density at radius 2 is 1.92 bits per heavy atom. The van der Waals surface area contributed by atoms with E-state index in [-0.39, 0.29) is 23.9 Å². The summed E-state index contributed by atoms with van der Waals surface area (Å²) < 4.78 is 6.46. The third-order valence-corrected chi connectivity index (χ3v) is 7.36. The summed E-state index contributed by atoms with van der Waals surface area (Å²) in [6, 6.07) is 20.2. The Kier molecular flexibility index (Phi) is 7.43. The zero-order valence-electron chi connectivity index (χ0n) is 21.0. The Bertz CT molecular complexity index is 1510. The minimum Gasteiger partial charge on any atom is -0.459 e. The second kappa shape index (κ2) is 10.8. The van der Waals surface area contributed by atoms with Crippen molar-refractivity contribution in [2.75, 3.05) is 10.2 Å². The maximum atomic E-state index is 12.2. The van der Waals surface area contributed by atoms with Crippen LogP contribution in [0.5, 0.6) is 0 Å². The highest BCUT2D eigenvalue weighted by atomic mass is 35.5. The van der Waals surface area contributed by atoms with Crippen molar-refractivity contribution in [2.45, 2.75) is 32.9 Å². The number of amides is 1. The van der Waals surface area contributed by atoms with Crippen molar-refractivity contribution in [3.63, 3.8) is 0 Å². The molecular weight excluding hydrogens is 539 g/mol. The molecule has 1 aliphatic rings. The summed E-state index contributed by atoms with van der Waals surface area (Å²) in [6.07, 6.45) is 1.76. The van der Waals surface area contributed by atoms with Crippen LogP contribution in [0.25, 0.3) is 11.3 Å². The number of furan rings is 1. The van der Waals surface area contributed by atoms with Gasteiger partial charge in [0.1, 0.15) is 17.6 Å². The third kappa shape index (κ3) is 5.14. The molecule has 194 valence electrons. The van der Waals surface area contributed by atoms with Gasteiger partial charge in [-0.25, -0.2) is 0 Å². The molecule has 0 radical (unpaired) electrons. The van der Waals surface area contributed by atoms with E-state index in [4.69, 9.17) is 39.8 Å². The molecule has 1 saturated heterocycles. The Balaban J connectivity index is 1.56. The Hall–Kier alpha value is -3.39. The molecule has 0 aliphatic carbocycles. The second-order valence-electron chi connectivity index (χ2n) is 9.47. The molecule has 6 nitrogen and oxygen atoms in total. The number of pyridine rings is 1. The molecule has 1 aliphatic heterocycles. The topological polar surface area (TPSA) is 70.4 Å². The van der Waals surface area contributed by atoms with Crippen LogP contribution >= 0.6 is 35.4 Å². The molecule has 2 aromatic carbocycles. The molecule has 5 rings (SSSR count). The molecule has 3 heterocycles. The Morgan fingerprint density at radius 3 is 2.63 bits per heavy atom. The normalized spacial score (nSPS) is 17.1. The second-order valence-corrected chi connectivity index (χ2v) is 10.7. The van der Waals surface area contributed by atoms with E-state index in [1.165, 1.54) is 0 Å². The highest BCUT2D eigenvalue weighted by Crippen LogP contribution is 2.44. The van der Waals surface area contributed by atoms with Gasteiger partial charge in [0.05, 0.1) is 22.4 Å². The lowest BCUT2D eigenvalue weighted by Gasteiger charge is -2.26. The molecular formula is C29H26Cl2N4O2S. The van der Waals surface area contributed by atoms with E-state index in [9.17, 15) is 4.79 Å². The van der Waals surface area contributed by atoms with Gasteiger partial charge in [-0.15, -0.1) is 0 Å². The minimum absolute atomic E-state index is 0.106. The van der Waals surface area contributed by atoms with Gasteiger partial charge in [-0.05, 0) is 79.3 Å². The van der Waals surface area contributed by atoms with E-state index >= 15 is 0 Å². The van der Waals surface area contributed by atoms with Crippen molar-refractivity contribution >= 4 is 57.8 Å². The maximum Gasteiger partial charge on any atom is 0.226 e. The van der Waals surface area contributed by atoms with Crippen molar-refractivity contribution in [1.82, 2.24) is 10.3 Å². The number of aromatic nitrogens is 1. The largest absolute Gasteiger partial charge is 0.459 e. The fourth-order valence-corrected chi connectivity index (χ4v) is 5.21. The van der Waals surface area contributed by atoms with Gasteiger partial charge in [0.15, 0.2) is 5.11 Å². The molecule has 0 bridgehead atoms. The van der Waals surface area contributed by atoms with Crippen molar-refractivity contribution < 1.29 is 9.21 Å². The number of rotatable bonds is 6. The maximum absolute atomic E-state index is 12.2. The van der Waals surface area contributed by atoms with Crippen LogP contribution in [0.3, 0.4) is 0 Å². The van der Waals surface area contributed by atoms with Crippen molar-refractivity contribution in [3.8, 4) is 11.3 Å². The summed E-state index contributed by atoms with van der Waals surface area (Å²) >= 11 is 18.7. The number of nitrogens with one attached hydrogen (secondary N) is 2. The van der Waals surface area contributed by atoms with Crippen LogP contribution in [0.15, 0.2) is 77.3 Å². The molecule has 1 amide bonds. The van der Waals surface area contributed by atoms with Crippen LogP contribution in [-0.4, -0.2) is 16.0 Å². The fraction of sp³-hybridized carbons (Fsp3) is 0.207. The molecule has 38 heavy (non-hydrogen) atoms. The summed E-state index contributed by atoms with van der Waals surface area (Å²) in [5, 5.41) is 7.85. The van der Waals surface area contributed by atoms with Crippen LogP contribution in [0, 0.1) is 12.8 Å². The van der Waals surface area contributed by atoms with E-state index in [1.54, 1.807) is 18.3 Å². The highest BCUT2D eigenvalue weighted by molar-refractivity contribution is 7.80. The number of hydrogen-bond acceptors (Lipinski definition) is 4. The van der Waals surface area contributed by atoms with Gasteiger partial charge >= 0.3 is 0 Å². The zero-order valence-corrected chi connectivity index (χ0v) is 23.4. The lowest BCUT2D eigenvalue weighted by atomic mass is 10.0. The van der Waals surface area contributed by atoms with Gasteiger partial charge < -0.3 is 20.0 Å². The van der Waals surface area contributed by atoms with Crippen LogP contribution in [0.2, 0.25) is 10.0 Å². The van der Waals surface area contributed by atoms with Crippen LogP contribution < -0.4 is 15.5 Å². The molecule has 9 heteroatoms. The number of halogens is 2. The van der Waals surface area contributed by atoms with E-state index in [1.807, 2.05) is 80.3 Å². The summed E-state index contributed by atoms with van der Waals surface area (Å²) in [5.41, 5.74) is 4.11. The van der Waals surface area contributed by atoms with Crippen molar-refractivity contribution in [3.05, 3.63) is 100.0 Å². The predicted molar refractivity (Wildman–Crippen MR) is 157 cm³/mol. The highest BCUT2D eigenvalue weighted by Gasteiger charge is 2.42. The molecule has 0 unspecified atom stereocenters. The first kappa shape index (κ1) is 26.2. The number of thiocarbonyl (C=S) groups is 1. The number of nitrogens with zero attached hydrogens (tertiary/aromatic N) is 2. The van der Waals surface area contributed by atoms with Gasteiger partial charge in [0, 0.05) is 28.4 Å². The van der Waals surface area contributed by atoms with Gasteiger partial charge in [0.2, 0.25) is 5.91 Å². The van der Waals surface area contributed by atoms with Crippen LogP contribution in [0.4, 0.5) is 11.4 Å². The molecule has 2 atom stereocenters. The quantitative estimate of drug-likeness (QED) is 0.233. The number of hydrogen-bond donors (Lipinski definition) is 2. The van der Waals surface area contributed by atoms with E-state index < -0.39 is 0 Å². The van der Waals surface area contributed by atoms with Crippen molar-refractivity contribution in [1.29, 1.82) is 0 Å². The summed E-state index contributed by atoms with van der Waals surface area (Å²) in [6.45, 7) is 5.68. The molecule has 4 aromatic rings. The third-order valence-electron chi connectivity index (χ3n) is 6.49. The Labute approximate surface area is 237 Å². The Morgan fingerprint density at radius 1 is 1.11 bits per heavy atom. The number of carbonyl (C=O) groups excluding carboxylic acids is 1. The van der Waals surface area contributed by atoms with Gasteiger partial charge in [-0.3, -0.25) is 9.78 Å². The number of benzene rings is 2. The molecule has 2 N–H and O–H groups in total. The van der Waals surface area contributed by atoms with Gasteiger partial charge in [-0.2, -0.15) is 0 Å². The first-order chi connectivity index (χ1) is 18.2. The number of carbonyl (C=O) groups is 1. The molecule has 2 aromatic heterocycles. The van der Waals surface area contributed by atoms with Crippen LogP contribution in [-0.2, 0) is 4.79 Å². The van der Waals surface area contributed by atoms with Gasteiger partial charge in [-0.1, -0.05) is 49.2 Å². The number of aryl methyl sites for hydroxylation is 1. The predicted octanol–water partition coefficient (Wildman–Crippen LogP) is 7.73.